The summed E-state index contributed by atoms with van der Waals surface area (Å²) < 4.78 is 5.11. The van der Waals surface area contributed by atoms with E-state index in [9.17, 15) is 14.7 Å². The lowest BCUT2D eigenvalue weighted by Gasteiger charge is -2.16. The Balaban J connectivity index is 1.29. The molecule has 0 aliphatic carbocycles. The van der Waals surface area contributed by atoms with Crippen LogP contribution in [0, 0.1) is 5.92 Å². The average molecular weight is 518 g/mol. The zero-order chi connectivity index (χ0) is 27.5. The van der Waals surface area contributed by atoms with Gasteiger partial charge in [-0.25, -0.2) is 4.79 Å². The van der Waals surface area contributed by atoms with Crippen LogP contribution < -0.4 is 0 Å². The van der Waals surface area contributed by atoms with Gasteiger partial charge in [-0.15, -0.1) is 0 Å². The van der Waals surface area contributed by atoms with Gasteiger partial charge in [-0.05, 0) is 89.7 Å². The number of amides is 1. The predicted octanol–water partition coefficient (Wildman–Crippen LogP) is 7.53. The van der Waals surface area contributed by atoms with Gasteiger partial charge in [-0.1, -0.05) is 66.6 Å². The van der Waals surface area contributed by atoms with Crippen LogP contribution in [0.25, 0.3) is 0 Å². The highest BCUT2D eigenvalue weighted by molar-refractivity contribution is 5.95. The first-order valence-electron chi connectivity index (χ1n) is 13.9. The molecule has 3 rings (SSSR count). The van der Waals surface area contributed by atoms with E-state index in [2.05, 4.69) is 51.1 Å². The second-order valence-corrected chi connectivity index (χ2v) is 10.7. The lowest BCUT2D eigenvalue weighted by molar-refractivity contribution is -0.133. The van der Waals surface area contributed by atoms with Gasteiger partial charge in [0.25, 0.3) is 0 Å². The molecule has 0 spiro atoms. The van der Waals surface area contributed by atoms with Gasteiger partial charge in [0, 0.05) is 18.7 Å². The third-order valence-electron chi connectivity index (χ3n) is 7.34. The molecule has 1 amide bonds. The molecule has 0 unspecified atom stereocenters. The summed E-state index contributed by atoms with van der Waals surface area (Å²) in [6.45, 7) is 9.51. The highest BCUT2D eigenvalue weighted by Crippen LogP contribution is 2.26. The van der Waals surface area contributed by atoms with Crippen molar-refractivity contribution in [2.45, 2.75) is 79.1 Å². The van der Waals surface area contributed by atoms with E-state index in [0.29, 0.717) is 5.76 Å². The number of aliphatic hydroxyl groups excluding tert-OH is 1. The van der Waals surface area contributed by atoms with Gasteiger partial charge in [0.2, 0.25) is 5.91 Å². The summed E-state index contributed by atoms with van der Waals surface area (Å²) in [6.07, 6.45) is 16.3. The number of rotatable bonds is 14. The molecule has 0 bridgehead atoms. The van der Waals surface area contributed by atoms with Gasteiger partial charge in [0.15, 0.2) is 11.5 Å². The monoisotopic (exact) mass is 517 g/mol. The Morgan fingerprint density at radius 3 is 2.47 bits per heavy atom. The number of hydrogen-bond acceptors (Lipinski definition) is 4. The van der Waals surface area contributed by atoms with Crippen LogP contribution in [0.4, 0.5) is 0 Å². The molecule has 1 N–H and O–H groups in total. The third-order valence-corrected chi connectivity index (χ3v) is 7.34. The molecule has 5 heteroatoms. The molecule has 2 heterocycles. The second kappa shape index (κ2) is 14.6. The summed E-state index contributed by atoms with van der Waals surface area (Å²) in [6, 6.07) is 10.3. The minimum absolute atomic E-state index is 0.0336. The topological polar surface area (TPSA) is 66.8 Å². The van der Waals surface area contributed by atoms with Crippen molar-refractivity contribution in [3.63, 3.8) is 0 Å². The van der Waals surface area contributed by atoms with E-state index in [4.69, 9.17) is 4.74 Å². The van der Waals surface area contributed by atoms with Gasteiger partial charge >= 0.3 is 5.97 Å². The lowest BCUT2D eigenvalue weighted by atomic mass is 9.99. The maximum atomic E-state index is 12.7. The summed E-state index contributed by atoms with van der Waals surface area (Å²) >= 11 is 0. The van der Waals surface area contributed by atoms with Gasteiger partial charge in [0.05, 0.1) is 5.57 Å². The maximum Gasteiger partial charge on any atom is 0.343 e. The molecule has 1 aromatic rings. The summed E-state index contributed by atoms with van der Waals surface area (Å²) in [5, 5.41) is 9.95. The number of nitrogens with zero attached hydrogens (tertiary/aromatic N) is 1. The Labute approximate surface area is 228 Å². The number of carbonyl (C=O) groups excluding carboxylic acids is 2. The summed E-state index contributed by atoms with van der Waals surface area (Å²) in [5.74, 6) is 0.219. The summed E-state index contributed by atoms with van der Waals surface area (Å²) in [7, 11) is 0. The van der Waals surface area contributed by atoms with E-state index in [-0.39, 0.29) is 23.2 Å². The first-order valence-corrected chi connectivity index (χ1v) is 13.9. The zero-order valence-electron chi connectivity index (χ0n) is 23.5. The van der Waals surface area contributed by atoms with Crippen molar-refractivity contribution in [2.75, 3.05) is 13.1 Å². The highest BCUT2D eigenvalue weighted by atomic mass is 16.6. The van der Waals surface area contributed by atoms with Gasteiger partial charge in [-0.3, -0.25) is 4.79 Å². The number of esters is 1. The first kappa shape index (κ1) is 29.2. The summed E-state index contributed by atoms with van der Waals surface area (Å²) in [4.78, 5) is 26.2. The van der Waals surface area contributed by atoms with Crippen LogP contribution in [-0.4, -0.2) is 35.0 Å². The van der Waals surface area contributed by atoms with Crippen LogP contribution in [0.1, 0.15) is 78.2 Å². The van der Waals surface area contributed by atoms with Crippen molar-refractivity contribution < 1.29 is 19.4 Å². The van der Waals surface area contributed by atoms with Gasteiger partial charge in [0.1, 0.15) is 0 Å². The van der Waals surface area contributed by atoms with Crippen LogP contribution in [0.15, 0.2) is 88.4 Å². The Bertz CT molecular complexity index is 1140. The van der Waals surface area contributed by atoms with Crippen molar-refractivity contribution in [3.8, 4) is 0 Å². The molecule has 0 aromatic heterocycles. The van der Waals surface area contributed by atoms with E-state index < -0.39 is 5.97 Å². The molecule has 0 saturated carbocycles. The molecular weight excluding hydrogens is 474 g/mol. The standard InChI is InChI=1S/C33H43NO4/c1-24(13-9-15-26(3)23-30-31(35)27(4)33(37)38-30)11-8-12-25(2)14-10-18-29-20-22-34(32(29)36)21-19-28-16-6-5-7-17-28/h5-7,11,14,16-17,20,23,26,35H,8-10,12-13,15,18-19,21-22H2,1-4H3/b24-11-,25-14-,30-23-/t26-/m1/s1. The Morgan fingerprint density at radius 2 is 1.76 bits per heavy atom. The van der Waals surface area contributed by atoms with Crippen molar-refractivity contribution in [3.05, 3.63) is 94.0 Å². The highest BCUT2D eigenvalue weighted by Gasteiger charge is 2.26. The number of cyclic esters (lactones) is 1. The fourth-order valence-corrected chi connectivity index (χ4v) is 4.79. The average Bonchev–Trinajstić information content (AvgIpc) is 3.36. The molecule has 38 heavy (non-hydrogen) atoms. The number of allylic oxidation sites excluding steroid dienone is 5. The number of ether oxygens (including phenoxy) is 1. The fourth-order valence-electron chi connectivity index (χ4n) is 4.79. The minimum Gasteiger partial charge on any atom is -0.504 e. The largest absolute Gasteiger partial charge is 0.504 e. The molecule has 1 aromatic carbocycles. The zero-order valence-corrected chi connectivity index (χ0v) is 23.5. The van der Waals surface area contributed by atoms with Crippen LogP contribution in [-0.2, 0) is 20.7 Å². The van der Waals surface area contributed by atoms with Gasteiger partial charge in [-0.2, -0.15) is 0 Å². The minimum atomic E-state index is -0.464. The molecular formula is C33H43NO4. The Hall–Kier alpha value is -3.34. The maximum absolute atomic E-state index is 12.7. The number of hydrogen-bond donors (Lipinski definition) is 1. The van der Waals surface area contributed by atoms with E-state index in [1.165, 1.54) is 16.7 Å². The fraction of sp³-hybridized carbons (Fsp3) is 0.455. The molecule has 0 radical (unpaired) electrons. The van der Waals surface area contributed by atoms with Crippen LogP contribution >= 0.6 is 0 Å². The third kappa shape index (κ3) is 8.90. The summed E-state index contributed by atoms with van der Waals surface area (Å²) in [5.41, 5.74) is 5.26. The van der Waals surface area contributed by atoms with E-state index in [1.54, 1.807) is 6.92 Å². The first-order chi connectivity index (χ1) is 18.2. The molecule has 2 aliphatic heterocycles. The van der Waals surface area contributed by atoms with E-state index in [0.717, 1.165) is 70.0 Å². The Morgan fingerprint density at radius 1 is 1.05 bits per heavy atom. The van der Waals surface area contributed by atoms with Crippen LogP contribution in [0.3, 0.4) is 0 Å². The van der Waals surface area contributed by atoms with Crippen molar-refractivity contribution in [2.24, 2.45) is 5.92 Å². The lowest BCUT2D eigenvalue weighted by Crippen LogP contribution is -2.29. The SMILES string of the molecule is CC1=C(O)/C(=C/[C@H](C)CCC/C(C)=C\CC/C(C)=C\CCC2=CCN(CCc3ccccc3)C2=O)OC1=O. The smallest absolute Gasteiger partial charge is 0.343 e. The molecule has 1 atom stereocenters. The normalized spacial score (nSPS) is 18.5. The quantitative estimate of drug-likeness (QED) is 0.205. The van der Waals surface area contributed by atoms with Crippen molar-refractivity contribution in [1.29, 1.82) is 0 Å². The van der Waals surface area contributed by atoms with Crippen molar-refractivity contribution >= 4 is 11.9 Å². The Kier molecular flexibility index (Phi) is 11.2. The van der Waals surface area contributed by atoms with Crippen LogP contribution in [0.2, 0.25) is 0 Å². The molecule has 5 nitrogen and oxygen atoms in total. The van der Waals surface area contributed by atoms with E-state index >= 15 is 0 Å². The predicted molar refractivity (Wildman–Crippen MR) is 153 cm³/mol. The van der Waals surface area contributed by atoms with Crippen molar-refractivity contribution in [1.82, 2.24) is 4.90 Å². The van der Waals surface area contributed by atoms with Crippen LogP contribution in [0.5, 0.6) is 0 Å². The number of aliphatic hydroxyl groups is 1. The molecule has 0 saturated heterocycles. The molecule has 0 fully saturated rings. The molecule has 204 valence electrons. The van der Waals surface area contributed by atoms with E-state index in [1.807, 2.05) is 29.2 Å². The number of benzene rings is 1. The second-order valence-electron chi connectivity index (χ2n) is 10.7. The number of carbonyl (C=O) groups is 2. The molecule has 2 aliphatic rings. The van der Waals surface area contributed by atoms with Gasteiger partial charge < -0.3 is 14.7 Å².